The van der Waals surface area contributed by atoms with Gasteiger partial charge in [-0.25, -0.2) is 0 Å². The number of aromatic nitrogens is 4. The highest BCUT2D eigenvalue weighted by Crippen LogP contribution is 2.35. The summed E-state index contributed by atoms with van der Waals surface area (Å²) in [5.41, 5.74) is 5.27. The highest BCUT2D eigenvalue weighted by molar-refractivity contribution is 8.33. The number of methoxy groups -OCH3 is 2. The molecule has 2 unspecified atom stereocenters. The molecule has 0 fully saturated rings. The van der Waals surface area contributed by atoms with Gasteiger partial charge in [-0.1, -0.05) is 92.9 Å². The second kappa shape index (κ2) is 19.5. The number of aromatic hydroxyl groups is 1. The number of nitrogens with one attached hydrogen (secondary N) is 1. The van der Waals surface area contributed by atoms with Gasteiger partial charge in [0.2, 0.25) is 0 Å². The van der Waals surface area contributed by atoms with Crippen molar-refractivity contribution in [2.45, 2.75) is 27.0 Å². The average Bonchev–Trinajstić information content (AvgIpc) is 3.73. The molecule has 0 radical (unpaired) electrons. The predicted octanol–water partition coefficient (Wildman–Crippen LogP) is 8.63. The normalized spacial score (nSPS) is 10.2. The Labute approximate surface area is 303 Å². The molecule has 0 amide bonds. The van der Waals surface area contributed by atoms with Gasteiger partial charge >= 0.3 is 0 Å². The molecule has 2 heterocycles. The summed E-state index contributed by atoms with van der Waals surface area (Å²) >= 11 is 0. The zero-order valence-corrected chi connectivity index (χ0v) is 32.1. The van der Waals surface area contributed by atoms with Crippen LogP contribution in [0.5, 0.6) is 23.0 Å². The Morgan fingerprint density at radius 2 is 1.24 bits per heavy atom. The molecule has 6 rings (SSSR count). The van der Waals surface area contributed by atoms with Crippen molar-refractivity contribution in [3.8, 4) is 45.5 Å². The molecule has 4 aromatic carbocycles. The number of hydrogen-bond acceptors (Lipinski definition) is 8. The minimum Gasteiger partial charge on any atom is -0.504 e. The van der Waals surface area contributed by atoms with Crippen molar-refractivity contribution in [2.75, 3.05) is 14.2 Å². The van der Waals surface area contributed by atoms with Crippen LogP contribution >= 0.6 is 25.8 Å². The summed E-state index contributed by atoms with van der Waals surface area (Å²) in [6.45, 7) is 3.65. The van der Waals surface area contributed by atoms with Crippen molar-refractivity contribution in [3.05, 3.63) is 132 Å². The van der Waals surface area contributed by atoms with E-state index in [9.17, 15) is 14.7 Å². The third-order valence-electron chi connectivity index (χ3n) is 7.46. The Morgan fingerprint density at radius 3 is 1.69 bits per heavy atom. The van der Waals surface area contributed by atoms with E-state index < -0.39 is 0 Å². The van der Waals surface area contributed by atoms with Crippen LogP contribution in [0, 0.1) is 0 Å². The molecule has 2 N–H and O–H groups in total. The van der Waals surface area contributed by atoms with Crippen LogP contribution in [0.15, 0.2) is 109 Å². The molecule has 10 nitrogen and oxygen atoms in total. The van der Waals surface area contributed by atoms with Crippen molar-refractivity contribution >= 4 is 37.4 Å². The molecule has 6 aromatic rings. The summed E-state index contributed by atoms with van der Waals surface area (Å²) < 4.78 is 18.4. The Hall–Kier alpha value is -4.87. The van der Waals surface area contributed by atoms with E-state index in [2.05, 4.69) is 28.1 Å². The highest BCUT2D eigenvalue weighted by atomic mass is 32.4. The predicted molar refractivity (Wildman–Crippen MR) is 211 cm³/mol. The minimum absolute atomic E-state index is 0.0892. The van der Waals surface area contributed by atoms with Crippen molar-refractivity contribution in [3.63, 3.8) is 0 Å². The third kappa shape index (κ3) is 10.6. The van der Waals surface area contributed by atoms with Crippen molar-refractivity contribution in [2.24, 2.45) is 0 Å². The molecule has 0 aliphatic rings. The monoisotopic (exact) mass is 742 g/mol. The number of rotatable bonds is 11. The maximum Gasteiger partial charge on any atom is 0.181 e. The molecule has 264 valence electrons. The van der Waals surface area contributed by atoms with Gasteiger partial charge in [-0.05, 0) is 35.4 Å². The molecule has 2 aromatic heterocycles. The number of hydrogen-bond donors (Lipinski definition) is 2. The topological polar surface area (TPSA) is 129 Å². The fraction of sp³-hybridized carbons (Fsp3) is 0.158. The number of ether oxygens (including phenoxy) is 3. The van der Waals surface area contributed by atoms with E-state index in [1.807, 2.05) is 109 Å². The summed E-state index contributed by atoms with van der Waals surface area (Å²) in [5.74, 6) is 1.61. The summed E-state index contributed by atoms with van der Waals surface area (Å²) in [5, 5.41) is 21.0. The van der Waals surface area contributed by atoms with Crippen LogP contribution in [0.25, 0.3) is 22.5 Å². The number of aromatic amines is 1. The molecule has 0 bridgehead atoms. The molecule has 0 aliphatic heterocycles. The Bertz CT molecular complexity index is 2000. The van der Waals surface area contributed by atoms with Gasteiger partial charge in [0.15, 0.2) is 23.1 Å². The SMILES string of the molecule is CC(=O)c1[nH]nc(-c2ccccc2)c1O.COc1ccc(COc2c(-c3ccccc3)nn(Cc3ccc(OC)cc3)c2C(C)=O)cc1.PPP. The first-order chi connectivity index (χ1) is 24.7. The van der Waals surface area contributed by atoms with E-state index in [0.29, 0.717) is 36.0 Å². The fourth-order valence-electron chi connectivity index (χ4n) is 4.98. The van der Waals surface area contributed by atoms with Gasteiger partial charge in [0.05, 0.1) is 20.8 Å². The minimum atomic E-state index is -0.234. The van der Waals surface area contributed by atoms with Crippen LogP contribution < -0.4 is 14.2 Å². The molecule has 0 spiro atoms. The van der Waals surface area contributed by atoms with E-state index in [-0.39, 0.29) is 23.0 Å². The van der Waals surface area contributed by atoms with Gasteiger partial charge in [0, 0.05) is 25.0 Å². The van der Waals surface area contributed by atoms with E-state index >= 15 is 0 Å². The van der Waals surface area contributed by atoms with Crippen LogP contribution in [0.3, 0.4) is 0 Å². The number of benzene rings is 4. The van der Waals surface area contributed by atoms with Crippen molar-refractivity contribution in [1.29, 1.82) is 0 Å². The van der Waals surface area contributed by atoms with Crippen molar-refractivity contribution in [1.82, 2.24) is 20.0 Å². The van der Waals surface area contributed by atoms with Gasteiger partial charge in [0.1, 0.15) is 40.9 Å². The van der Waals surface area contributed by atoms with Crippen LogP contribution in [-0.2, 0) is 13.2 Å². The van der Waals surface area contributed by atoms with Crippen LogP contribution in [0.1, 0.15) is 46.0 Å². The summed E-state index contributed by atoms with van der Waals surface area (Å²) in [7, 11) is 9.32. The molecular formula is C38H41N4O6P3. The largest absolute Gasteiger partial charge is 0.504 e. The number of ketones is 2. The lowest BCUT2D eigenvalue weighted by molar-refractivity contribution is 0.0993. The zero-order chi connectivity index (χ0) is 36.8. The van der Waals surface area contributed by atoms with E-state index in [4.69, 9.17) is 19.3 Å². The number of nitrogens with zero attached hydrogens (tertiary/aromatic N) is 3. The van der Waals surface area contributed by atoms with Gasteiger partial charge in [-0.3, -0.25) is 19.4 Å². The number of Topliss-reactive ketones (excluding diaryl/α,β-unsaturated/α-hetero) is 2. The molecule has 0 saturated heterocycles. The van der Waals surface area contributed by atoms with Crippen LogP contribution in [-0.4, -0.2) is 50.9 Å². The quantitative estimate of drug-likeness (QED) is 0.0998. The van der Waals surface area contributed by atoms with E-state index in [1.165, 1.54) is 13.8 Å². The fourth-order valence-corrected chi connectivity index (χ4v) is 4.98. The summed E-state index contributed by atoms with van der Waals surface area (Å²) in [6.07, 6.45) is 0. The zero-order valence-electron chi connectivity index (χ0n) is 28.8. The lowest BCUT2D eigenvalue weighted by Crippen LogP contribution is -2.10. The van der Waals surface area contributed by atoms with Gasteiger partial charge in [-0.15, -0.1) is 17.9 Å². The number of H-pyrrole nitrogens is 1. The first-order valence-electron chi connectivity index (χ1n) is 15.8. The smallest absolute Gasteiger partial charge is 0.181 e. The highest BCUT2D eigenvalue weighted by Gasteiger charge is 2.24. The molecule has 0 saturated carbocycles. The van der Waals surface area contributed by atoms with E-state index in [1.54, 1.807) is 18.9 Å². The average molecular weight is 743 g/mol. The Balaban J connectivity index is 0.000000268. The lowest BCUT2D eigenvalue weighted by atomic mass is 10.1. The molecule has 0 aliphatic carbocycles. The lowest BCUT2D eigenvalue weighted by Gasteiger charge is -2.10. The first kappa shape index (κ1) is 38.9. The van der Waals surface area contributed by atoms with Gasteiger partial charge < -0.3 is 19.3 Å². The Morgan fingerprint density at radius 1 is 0.745 bits per heavy atom. The van der Waals surface area contributed by atoms with Gasteiger partial charge in [-0.2, -0.15) is 10.2 Å². The van der Waals surface area contributed by atoms with Crippen LogP contribution in [0.4, 0.5) is 0 Å². The molecule has 51 heavy (non-hydrogen) atoms. The Kier molecular flexibility index (Phi) is 14.9. The maximum atomic E-state index is 12.7. The second-order valence-corrected chi connectivity index (χ2v) is 15.3. The second-order valence-electron chi connectivity index (χ2n) is 11.0. The van der Waals surface area contributed by atoms with E-state index in [0.717, 1.165) is 41.7 Å². The first-order valence-corrected chi connectivity index (χ1v) is 20.4. The standard InChI is InChI=1S/C27H26N2O4.C11H10N2O2.H5P3/c1-19(30)26-27(33-18-21-11-15-24(32-3)16-12-21)25(22-7-5-4-6-8-22)28-29(26)17-20-9-13-23(31-2)14-10-20;1-7(14)9-11(15)10(13-12-9)8-5-3-2-4-6-8;1-3-2/h4-16H,17-18H2,1-3H3;2-6,15H,1H3,(H,12,13);3H,1-2H2. The third-order valence-corrected chi connectivity index (χ3v) is 7.46. The van der Waals surface area contributed by atoms with Gasteiger partial charge in [0.25, 0.3) is 0 Å². The molecule has 2 atom stereocenters. The summed E-state index contributed by atoms with van der Waals surface area (Å²) in [4.78, 5) is 23.8. The number of carbonyl (C=O) groups is 2. The van der Waals surface area contributed by atoms with Crippen molar-refractivity contribution < 1.29 is 28.9 Å². The molecular weight excluding hydrogens is 701 g/mol. The summed E-state index contributed by atoms with van der Waals surface area (Å²) in [6, 6.07) is 34.3. The number of carbonyl (C=O) groups excluding carboxylic acids is 2. The molecule has 13 heteroatoms. The maximum absolute atomic E-state index is 12.7. The van der Waals surface area contributed by atoms with Crippen LogP contribution in [0.2, 0.25) is 0 Å².